The van der Waals surface area contributed by atoms with E-state index >= 15 is 0 Å². The molecule has 1 fully saturated rings. The number of hydrogen-bond acceptors (Lipinski definition) is 3. The summed E-state index contributed by atoms with van der Waals surface area (Å²) in [5.41, 5.74) is 1.54. The molecule has 0 unspecified atom stereocenters. The zero-order valence-corrected chi connectivity index (χ0v) is 16.7. The number of nitrogens with one attached hydrogen (secondary N) is 2. The van der Waals surface area contributed by atoms with Gasteiger partial charge in [0.05, 0.1) is 4.90 Å². The van der Waals surface area contributed by atoms with Gasteiger partial charge in [0.25, 0.3) is 15.9 Å². The first-order valence-corrected chi connectivity index (χ1v) is 10.9. The molecule has 2 N–H and O–H groups in total. The van der Waals surface area contributed by atoms with E-state index in [0.717, 1.165) is 31.2 Å². The Labute approximate surface area is 165 Å². The van der Waals surface area contributed by atoms with Crippen LogP contribution < -0.4 is 10.0 Å². The number of hydrogen-bond donors (Lipinski definition) is 2. The minimum atomic E-state index is -3.81. The van der Waals surface area contributed by atoms with Crippen molar-refractivity contribution in [1.29, 1.82) is 0 Å². The number of amides is 1. The highest BCUT2D eigenvalue weighted by Gasteiger charge is 2.21. The Morgan fingerprint density at radius 1 is 1.04 bits per heavy atom. The van der Waals surface area contributed by atoms with E-state index in [1.54, 1.807) is 37.3 Å². The highest BCUT2D eigenvalue weighted by Crippen LogP contribution is 2.22. The molecule has 27 heavy (non-hydrogen) atoms. The summed E-state index contributed by atoms with van der Waals surface area (Å²) >= 11 is 5.83. The second-order valence-electron chi connectivity index (χ2n) is 6.90. The van der Waals surface area contributed by atoms with Gasteiger partial charge in [-0.3, -0.25) is 9.52 Å². The van der Waals surface area contributed by atoms with Gasteiger partial charge in [0.2, 0.25) is 0 Å². The molecule has 2 aromatic carbocycles. The van der Waals surface area contributed by atoms with Gasteiger partial charge in [-0.15, -0.1) is 0 Å². The van der Waals surface area contributed by atoms with Crippen LogP contribution in [0.5, 0.6) is 0 Å². The van der Waals surface area contributed by atoms with Crippen molar-refractivity contribution in [1.82, 2.24) is 5.32 Å². The van der Waals surface area contributed by atoms with Crippen molar-refractivity contribution in [3.05, 3.63) is 58.6 Å². The lowest BCUT2D eigenvalue weighted by Crippen LogP contribution is -2.36. The van der Waals surface area contributed by atoms with Crippen molar-refractivity contribution in [3.8, 4) is 0 Å². The first kappa shape index (κ1) is 19.7. The maximum absolute atomic E-state index is 12.7. The lowest BCUT2D eigenvalue weighted by molar-refractivity contribution is 0.0927. The zero-order valence-electron chi connectivity index (χ0n) is 15.2. The number of sulfonamides is 1. The Balaban J connectivity index is 1.80. The molecule has 7 heteroatoms. The van der Waals surface area contributed by atoms with Crippen LogP contribution in [0, 0.1) is 6.92 Å². The van der Waals surface area contributed by atoms with E-state index in [-0.39, 0.29) is 16.8 Å². The molecule has 1 amide bonds. The van der Waals surface area contributed by atoms with Gasteiger partial charge in [-0.05, 0) is 61.7 Å². The monoisotopic (exact) mass is 406 g/mol. The van der Waals surface area contributed by atoms with Gasteiger partial charge < -0.3 is 5.32 Å². The second-order valence-corrected chi connectivity index (χ2v) is 9.02. The molecule has 1 saturated carbocycles. The first-order chi connectivity index (χ1) is 12.8. The number of anilines is 1. The average Bonchev–Trinajstić information content (AvgIpc) is 2.64. The molecule has 144 valence electrons. The Morgan fingerprint density at radius 2 is 1.70 bits per heavy atom. The van der Waals surface area contributed by atoms with Crippen LogP contribution in [0.2, 0.25) is 5.02 Å². The Hall–Kier alpha value is -2.05. The number of halogens is 1. The summed E-state index contributed by atoms with van der Waals surface area (Å²) in [4.78, 5) is 12.7. The highest BCUT2D eigenvalue weighted by molar-refractivity contribution is 7.92. The fourth-order valence-corrected chi connectivity index (χ4v) is 4.47. The van der Waals surface area contributed by atoms with E-state index in [9.17, 15) is 13.2 Å². The number of rotatable bonds is 5. The summed E-state index contributed by atoms with van der Waals surface area (Å²) in [5.74, 6) is -0.219. The molecule has 0 radical (unpaired) electrons. The number of carbonyl (C=O) groups excluding carboxylic acids is 1. The van der Waals surface area contributed by atoms with E-state index in [2.05, 4.69) is 10.0 Å². The molecule has 2 aromatic rings. The Morgan fingerprint density at radius 3 is 2.37 bits per heavy atom. The normalized spacial score (nSPS) is 15.3. The summed E-state index contributed by atoms with van der Waals surface area (Å²) in [7, 11) is -3.81. The fraction of sp³-hybridized carbons (Fsp3) is 0.350. The van der Waals surface area contributed by atoms with Crippen molar-refractivity contribution in [2.24, 2.45) is 0 Å². The SMILES string of the molecule is Cc1ccc(S(=O)(=O)Nc2ccc(Cl)cc2)cc1C(=O)NC1CCCCC1. The van der Waals surface area contributed by atoms with Crippen LogP contribution in [0.4, 0.5) is 5.69 Å². The van der Waals surface area contributed by atoms with E-state index in [4.69, 9.17) is 11.6 Å². The van der Waals surface area contributed by atoms with E-state index in [0.29, 0.717) is 16.3 Å². The van der Waals surface area contributed by atoms with Gasteiger partial charge in [-0.1, -0.05) is 36.9 Å². The average molecular weight is 407 g/mol. The van der Waals surface area contributed by atoms with Gasteiger partial charge in [-0.25, -0.2) is 8.42 Å². The molecular formula is C20H23ClN2O3S. The number of aryl methyl sites for hydroxylation is 1. The van der Waals surface area contributed by atoms with Crippen molar-refractivity contribution >= 4 is 33.2 Å². The van der Waals surface area contributed by atoms with Crippen LogP contribution in [0.1, 0.15) is 48.0 Å². The van der Waals surface area contributed by atoms with Crippen molar-refractivity contribution in [2.45, 2.75) is 50.0 Å². The van der Waals surface area contributed by atoms with Gasteiger partial charge >= 0.3 is 0 Å². The summed E-state index contributed by atoms with van der Waals surface area (Å²) in [6.07, 6.45) is 5.38. The summed E-state index contributed by atoms with van der Waals surface area (Å²) in [6, 6.07) is 11.2. The fourth-order valence-electron chi connectivity index (χ4n) is 3.25. The Bertz CT molecular complexity index is 921. The largest absolute Gasteiger partial charge is 0.349 e. The smallest absolute Gasteiger partial charge is 0.261 e. The molecule has 0 atom stereocenters. The third-order valence-corrected chi connectivity index (χ3v) is 6.43. The standard InChI is InChI=1S/C20H23ClN2O3S/c1-14-7-12-18(27(25,26)23-17-10-8-15(21)9-11-17)13-19(14)20(24)22-16-5-3-2-4-6-16/h7-13,16,23H,2-6H2,1H3,(H,22,24). The maximum Gasteiger partial charge on any atom is 0.261 e. The molecule has 1 aliphatic rings. The van der Waals surface area contributed by atoms with Crippen molar-refractivity contribution in [2.75, 3.05) is 4.72 Å². The molecule has 0 bridgehead atoms. The highest BCUT2D eigenvalue weighted by atomic mass is 35.5. The third-order valence-electron chi connectivity index (χ3n) is 4.80. The molecule has 1 aliphatic carbocycles. The van der Waals surface area contributed by atoms with Crippen LogP contribution in [0.25, 0.3) is 0 Å². The molecule has 0 saturated heterocycles. The van der Waals surface area contributed by atoms with Gasteiger partial charge in [-0.2, -0.15) is 0 Å². The lowest BCUT2D eigenvalue weighted by Gasteiger charge is -2.23. The summed E-state index contributed by atoms with van der Waals surface area (Å²) < 4.78 is 27.9. The van der Waals surface area contributed by atoms with E-state index in [1.165, 1.54) is 18.6 Å². The molecule has 3 rings (SSSR count). The second kappa shape index (κ2) is 8.31. The topological polar surface area (TPSA) is 75.3 Å². The predicted octanol–water partition coefficient (Wildman–Crippen LogP) is 4.51. The Kier molecular flexibility index (Phi) is 6.07. The minimum absolute atomic E-state index is 0.0526. The van der Waals surface area contributed by atoms with E-state index < -0.39 is 10.0 Å². The van der Waals surface area contributed by atoms with Crippen LogP contribution in [-0.2, 0) is 10.0 Å². The van der Waals surface area contributed by atoms with Crippen molar-refractivity contribution in [3.63, 3.8) is 0 Å². The predicted molar refractivity (Wildman–Crippen MR) is 108 cm³/mol. The van der Waals surface area contributed by atoms with Crippen LogP contribution in [0.15, 0.2) is 47.4 Å². The molecule has 0 heterocycles. The van der Waals surface area contributed by atoms with Crippen LogP contribution in [0.3, 0.4) is 0 Å². The molecular weight excluding hydrogens is 384 g/mol. The van der Waals surface area contributed by atoms with Crippen LogP contribution >= 0.6 is 11.6 Å². The number of benzene rings is 2. The van der Waals surface area contributed by atoms with Gasteiger partial charge in [0, 0.05) is 22.3 Å². The van der Waals surface area contributed by atoms with Crippen LogP contribution in [-0.4, -0.2) is 20.4 Å². The van der Waals surface area contributed by atoms with Gasteiger partial charge in [0.1, 0.15) is 0 Å². The molecule has 0 aromatic heterocycles. The first-order valence-electron chi connectivity index (χ1n) is 9.05. The molecule has 0 spiro atoms. The maximum atomic E-state index is 12.7. The van der Waals surface area contributed by atoms with Gasteiger partial charge in [0.15, 0.2) is 0 Å². The quantitative estimate of drug-likeness (QED) is 0.766. The van der Waals surface area contributed by atoms with Crippen molar-refractivity contribution < 1.29 is 13.2 Å². The van der Waals surface area contributed by atoms with E-state index in [1.807, 2.05) is 0 Å². The third kappa shape index (κ3) is 5.02. The number of carbonyl (C=O) groups is 1. The zero-order chi connectivity index (χ0) is 19.4. The summed E-state index contributed by atoms with van der Waals surface area (Å²) in [6.45, 7) is 1.80. The summed E-state index contributed by atoms with van der Waals surface area (Å²) in [5, 5.41) is 3.56. The molecule has 5 nitrogen and oxygen atoms in total. The molecule has 0 aliphatic heterocycles. The minimum Gasteiger partial charge on any atom is -0.349 e. The lowest BCUT2D eigenvalue weighted by atomic mass is 9.95.